The van der Waals surface area contributed by atoms with Crippen molar-refractivity contribution in [1.82, 2.24) is 19.7 Å². The first-order valence-electron chi connectivity index (χ1n) is 5.01. The zero-order valence-corrected chi connectivity index (χ0v) is 9.81. The average molecular weight is 241 g/mol. The quantitative estimate of drug-likeness (QED) is 0.862. The topological polar surface area (TPSA) is 66.7 Å². The van der Waals surface area contributed by atoms with E-state index < -0.39 is 6.10 Å². The maximum absolute atomic E-state index is 10.1. The van der Waals surface area contributed by atoms with Gasteiger partial charge in [0.2, 0.25) is 0 Å². The first kappa shape index (κ1) is 11.2. The average Bonchev–Trinajstić information content (AvgIpc) is 2.84. The summed E-state index contributed by atoms with van der Waals surface area (Å²) >= 11 is 6.02. The van der Waals surface area contributed by atoms with E-state index in [1.807, 2.05) is 13.8 Å². The van der Waals surface area contributed by atoms with Crippen LogP contribution in [-0.2, 0) is 0 Å². The Labute approximate surface area is 98.1 Å². The molecule has 1 atom stereocenters. The molecule has 2 aromatic heterocycles. The minimum atomic E-state index is -0.882. The number of imidazole rings is 1. The summed E-state index contributed by atoms with van der Waals surface area (Å²) in [5.41, 5.74) is 0.562. The van der Waals surface area contributed by atoms with E-state index in [0.29, 0.717) is 16.5 Å². The van der Waals surface area contributed by atoms with Gasteiger partial charge in [-0.3, -0.25) is 4.68 Å². The molecule has 0 saturated heterocycles. The molecule has 6 heteroatoms. The number of nitrogens with one attached hydrogen (secondary N) is 1. The molecule has 2 heterocycles. The van der Waals surface area contributed by atoms with Gasteiger partial charge in [0.05, 0.1) is 16.9 Å². The van der Waals surface area contributed by atoms with Crippen LogP contribution in [0.25, 0.3) is 0 Å². The molecule has 5 nitrogen and oxygen atoms in total. The second-order valence-corrected chi connectivity index (χ2v) is 4.20. The molecule has 0 radical (unpaired) electrons. The van der Waals surface area contributed by atoms with Gasteiger partial charge in [-0.2, -0.15) is 5.10 Å². The van der Waals surface area contributed by atoms with Gasteiger partial charge in [0.25, 0.3) is 0 Å². The van der Waals surface area contributed by atoms with Crippen molar-refractivity contribution in [2.24, 2.45) is 0 Å². The highest BCUT2D eigenvalue weighted by Crippen LogP contribution is 2.28. The molecule has 16 heavy (non-hydrogen) atoms. The van der Waals surface area contributed by atoms with Gasteiger partial charge >= 0.3 is 0 Å². The third kappa shape index (κ3) is 1.83. The number of hydrogen-bond donors (Lipinski definition) is 2. The molecular weight excluding hydrogens is 228 g/mol. The number of nitrogens with zero attached hydrogens (tertiary/aromatic N) is 3. The molecule has 0 spiro atoms. The number of aromatic amines is 1. The summed E-state index contributed by atoms with van der Waals surface area (Å²) in [7, 11) is 0. The minimum Gasteiger partial charge on any atom is -0.379 e. The van der Waals surface area contributed by atoms with Gasteiger partial charge in [-0.25, -0.2) is 4.98 Å². The number of halogens is 1. The molecule has 2 aromatic rings. The smallest absolute Gasteiger partial charge is 0.154 e. The van der Waals surface area contributed by atoms with Crippen LogP contribution in [0.1, 0.15) is 37.5 Å². The van der Waals surface area contributed by atoms with Crippen molar-refractivity contribution in [3.8, 4) is 0 Å². The summed E-state index contributed by atoms with van der Waals surface area (Å²) in [6.45, 7) is 3.95. The standard InChI is InChI=1S/C10H13ClN4O/c1-6(2)15-8(7(11)5-14-15)9(16)10-12-3-4-13-10/h3-6,9,16H,1-2H3,(H,12,13). The lowest BCUT2D eigenvalue weighted by atomic mass is 10.2. The molecule has 2 N–H and O–H groups in total. The third-order valence-electron chi connectivity index (χ3n) is 2.31. The number of aliphatic hydroxyl groups excluding tert-OH is 1. The summed E-state index contributed by atoms with van der Waals surface area (Å²) in [5.74, 6) is 0.462. The fraction of sp³-hybridized carbons (Fsp3) is 0.400. The van der Waals surface area contributed by atoms with Crippen LogP contribution in [0, 0.1) is 0 Å². The van der Waals surface area contributed by atoms with E-state index in [1.54, 1.807) is 17.1 Å². The summed E-state index contributed by atoms with van der Waals surface area (Å²) in [5, 5.41) is 14.7. The Balaban J connectivity index is 2.43. The Kier molecular flexibility index (Phi) is 2.98. The minimum absolute atomic E-state index is 0.132. The van der Waals surface area contributed by atoms with Gasteiger partial charge in [0, 0.05) is 18.4 Å². The van der Waals surface area contributed by atoms with E-state index in [9.17, 15) is 5.11 Å². The van der Waals surface area contributed by atoms with Crippen LogP contribution >= 0.6 is 11.6 Å². The molecule has 0 aromatic carbocycles. The molecular formula is C10H13ClN4O. The lowest BCUT2D eigenvalue weighted by molar-refractivity contribution is 0.196. The van der Waals surface area contributed by atoms with Crippen molar-refractivity contribution in [2.75, 3.05) is 0 Å². The van der Waals surface area contributed by atoms with Crippen molar-refractivity contribution in [2.45, 2.75) is 26.0 Å². The molecule has 0 bridgehead atoms. The van der Waals surface area contributed by atoms with E-state index in [0.717, 1.165) is 0 Å². The van der Waals surface area contributed by atoms with Gasteiger partial charge in [0.1, 0.15) is 5.82 Å². The Morgan fingerprint density at radius 1 is 1.50 bits per heavy atom. The van der Waals surface area contributed by atoms with E-state index in [4.69, 9.17) is 11.6 Å². The molecule has 1 unspecified atom stereocenters. The molecule has 0 amide bonds. The van der Waals surface area contributed by atoms with Gasteiger partial charge in [-0.05, 0) is 13.8 Å². The molecule has 0 fully saturated rings. The van der Waals surface area contributed by atoms with E-state index >= 15 is 0 Å². The van der Waals surface area contributed by atoms with Gasteiger partial charge in [-0.1, -0.05) is 11.6 Å². The number of rotatable bonds is 3. The first-order chi connectivity index (χ1) is 7.61. The zero-order valence-electron chi connectivity index (χ0n) is 9.05. The predicted molar refractivity (Wildman–Crippen MR) is 60.3 cm³/mol. The molecule has 0 saturated carbocycles. The summed E-state index contributed by atoms with van der Waals surface area (Å²) < 4.78 is 1.69. The number of H-pyrrole nitrogens is 1. The Hall–Kier alpha value is -1.33. The normalized spacial score (nSPS) is 13.3. The fourth-order valence-electron chi connectivity index (χ4n) is 1.57. The monoisotopic (exact) mass is 240 g/mol. The van der Waals surface area contributed by atoms with E-state index in [1.165, 1.54) is 6.20 Å². The van der Waals surface area contributed by atoms with Crippen molar-refractivity contribution in [3.63, 3.8) is 0 Å². The van der Waals surface area contributed by atoms with Crippen LogP contribution in [0.3, 0.4) is 0 Å². The van der Waals surface area contributed by atoms with Crippen molar-refractivity contribution >= 4 is 11.6 Å². The highest BCUT2D eigenvalue weighted by atomic mass is 35.5. The van der Waals surface area contributed by atoms with Gasteiger partial charge < -0.3 is 10.1 Å². The number of hydrogen-bond acceptors (Lipinski definition) is 3. The SMILES string of the molecule is CC(C)n1ncc(Cl)c1C(O)c1ncc[nH]1. The summed E-state index contributed by atoms with van der Waals surface area (Å²) in [4.78, 5) is 6.87. The van der Waals surface area contributed by atoms with Crippen LogP contribution in [0.5, 0.6) is 0 Å². The molecule has 0 aliphatic rings. The van der Waals surface area contributed by atoms with Crippen molar-refractivity contribution in [1.29, 1.82) is 0 Å². The van der Waals surface area contributed by atoms with Crippen LogP contribution in [0.4, 0.5) is 0 Å². The Morgan fingerprint density at radius 3 is 2.81 bits per heavy atom. The Morgan fingerprint density at radius 2 is 2.25 bits per heavy atom. The number of aromatic nitrogens is 4. The molecule has 86 valence electrons. The second kappa shape index (κ2) is 4.27. The van der Waals surface area contributed by atoms with Gasteiger partial charge in [0.15, 0.2) is 6.10 Å². The third-order valence-corrected chi connectivity index (χ3v) is 2.60. The largest absolute Gasteiger partial charge is 0.379 e. The fourth-order valence-corrected chi connectivity index (χ4v) is 1.81. The summed E-state index contributed by atoms with van der Waals surface area (Å²) in [6.07, 6.45) is 3.89. The highest BCUT2D eigenvalue weighted by molar-refractivity contribution is 6.31. The Bertz CT molecular complexity index is 463. The molecule has 0 aliphatic carbocycles. The lowest BCUT2D eigenvalue weighted by Crippen LogP contribution is -2.13. The van der Waals surface area contributed by atoms with Gasteiger partial charge in [-0.15, -0.1) is 0 Å². The van der Waals surface area contributed by atoms with E-state index in [2.05, 4.69) is 15.1 Å². The van der Waals surface area contributed by atoms with Crippen molar-refractivity contribution < 1.29 is 5.11 Å². The zero-order chi connectivity index (χ0) is 11.7. The second-order valence-electron chi connectivity index (χ2n) is 3.79. The highest BCUT2D eigenvalue weighted by Gasteiger charge is 2.22. The summed E-state index contributed by atoms with van der Waals surface area (Å²) in [6, 6.07) is 0.132. The van der Waals surface area contributed by atoms with Crippen molar-refractivity contribution in [3.05, 3.63) is 35.1 Å². The molecule has 2 rings (SSSR count). The lowest BCUT2D eigenvalue weighted by Gasteiger charge is -2.14. The first-order valence-corrected chi connectivity index (χ1v) is 5.39. The maximum Gasteiger partial charge on any atom is 0.154 e. The van der Waals surface area contributed by atoms with Crippen LogP contribution in [-0.4, -0.2) is 24.9 Å². The van der Waals surface area contributed by atoms with Crippen LogP contribution in [0.2, 0.25) is 5.02 Å². The predicted octanol–water partition coefficient (Wildman–Crippen LogP) is 1.92. The maximum atomic E-state index is 10.1. The van der Waals surface area contributed by atoms with E-state index in [-0.39, 0.29) is 6.04 Å². The molecule has 0 aliphatic heterocycles. The van der Waals surface area contributed by atoms with Crippen LogP contribution in [0.15, 0.2) is 18.6 Å². The number of aliphatic hydroxyl groups is 1. The van der Waals surface area contributed by atoms with Crippen LogP contribution < -0.4 is 0 Å².